The zero-order valence-electron chi connectivity index (χ0n) is 17.8. The summed E-state index contributed by atoms with van der Waals surface area (Å²) in [6.07, 6.45) is 4.12. The van der Waals surface area contributed by atoms with Gasteiger partial charge in [0.1, 0.15) is 5.75 Å². The summed E-state index contributed by atoms with van der Waals surface area (Å²) in [6.45, 7) is 4.05. The highest BCUT2D eigenvalue weighted by molar-refractivity contribution is 7.92. The molecule has 2 N–H and O–H groups in total. The molecule has 0 spiro atoms. The molecule has 0 aliphatic rings. The Morgan fingerprint density at radius 1 is 1.16 bits per heavy atom. The molecule has 2 aromatic rings. The summed E-state index contributed by atoms with van der Waals surface area (Å²) in [5.74, 6) is -0.136. The van der Waals surface area contributed by atoms with E-state index in [2.05, 4.69) is 17.0 Å². The second kappa shape index (κ2) is 10.8. The summed E-state index contributed by atoms with van der Waals surface area (Å²) in [7, 11) is -2.72. The number of hydrogen-bond donors (Lipinski definition) is 2. The second-order valence-corrected chi connectivity index (χ2v) is 8.82. The molecule has 0 saturated heterocycles. The van der Waals surface area contributed by atoms with Crippen LogP contribution in [0.25, 0.3) is 0 Å². The van der Waals surface area contributed by atoms with Gasteiger partial charge < -0.3 is 10.1 Å². The van der Waals surface area contributed by atoms with Gasteiger partial charge in [0.05, 0.1) is 22.6 Å². The van der Waals surface area contributed by atoms with E-state index in [0.29, 0.717) is 5.56 Å². The quantitative estimate of drug-likeness (QED) is 0.302. The van der Waals surface area contributed by atoms with Crippen molar-refractivity contribution in [1.82, 2.24) is 5.32 Å². The summed E-state index contributed by atoms with van der Waals surface area (Å²) >= 11 is 0. The summed E-state index contributed by atoms with van der Waals surface area (Å²) < 4.78 is 32.8. The van der Waals surface area contributed by atoms with Crippen molar-refractivity contribution in [3.63, 3.8) is 0 Å². The highest BCUT2D eigenvalue weighted by Gasteiger charge is 2.20. The number of methoxy groups -OCH3 is 1. The first kappa shape index (κ1) is 24.1. The van der Waals surface area contributed by atoms with Gasteiger partial charge in [-0.05, 0) is 43.7 Å². The Bertz CT molecular complexity index is 1020. The van der Waals surface area contributed by atoms with Crippen LogP contribution < -0.4 is 14.8 Å². The van der Waals surface area contributed by atoms with Gasteiger partial charge >= 0.3 is 0 Å². The number of rotatable bonds is 11. The number of hydrogen-bond acceptors (Lipinski definition) is 6. The highest BCUT2D eigenvalue weighted by atomic mass is 32.2. The van der Waals surface area contributed by atoms with E-state index in [4.69, 9.17) is 4.74 Å². The number of carbonyl (C=O) groups is 1. The third kappa shape index (κ3) is 6.68. The number of nitrogens with zero attached hydrogens (tertiary/aromatic N) is 1. The lowest BCUT2D eigenvalue weighted by molar-refractivity contribution is -0.384. The van der Waals surface area contributed by atoms with Crippen molar-refractivity contribution in [2.24, 2.45) is 0 Å². The number of unbranched alkanes of at least 4 members (excludes halogenated alkanes) is 2. The molecule has 9 nitrogen and oxygen atoms in total. The molecule has 0 aromatic heterocycles. The number of nitrogens with one attached hydrogen (secondary N) is 2. The van der Waals surface area contributed by atoms with Gasteiger partial charge in [-0.2, -0.15) is 0 Å². The summed E-state index contributed by atoms with van der Waals surface area (Å²) in [5, 5.41) is 13.9. The number of benzene rings is 2. The van der Waals surface area contributed by atoms with Gasteiger partial charge in [-0.25, -0.2) is 8.42 Å². The van der Waals surface area contributed by atoms with Crippen molar-refractivity contribution < 1.29 is 22.9 Å². The Morgan fingerprint density at radius 3 is 2.42 bits per heavy atom. The normalized spacial score (nSPS) is 12.1. The fourth-order valence-corrected chi connectivity index (χ4v) is 4.02. The van der Waals surface area contributed by atoms with Crippen molar-refractivity contribution in [3.05, 3.63) is 58.1 Å². The average molecular weight is 450 g/mol. The maximum atomic E-state index is 12.7. The molecule has 1 unspecified atom stereocenters. The average Bonchev–Trinajstić information content (AvgIpc) is 2.73. The Balaban J connectivity index is 2.14. The standard InChI is InChI=1S/C21H27N3O6S/c1-4-5-6-7-15(2)22-21(25)16-8-11-18(12-9-16)31(28,29)23-19-14-17(24(26)27)10-13-20(19)30-3/h8-15,23H,4-7H2,1-3H3,(H,22,25). The first-order chi connectivity index (χ1) is 14.7. The first-order valence-corrected chi connectivity index (χ1v) is 11.4. The number of nitro groups is 1. The summed E-state index contributed by atoms with van der Waals surface area (Å²) in [4.78, 5) is 22.6. The van der Waals surface area contributed by atoms with Gasteiger partial charge in [0.25, 0.3) is 21.6 Å². The lowest BCUT2D eigenvalue weighted by Crippen LogP contribution is -2.32. The van der Waals surface area contributed by atoms with Crippen molar-refractivity contribution in [2.75, 3.05) is 11.8 Å². The number of anilines is 1. The predicted octanol–water partition coefficient (Wildman–Crippen LogP) is 4.10. The number of nitro benzene ring substituents is 1. The molecule has 10 heteroatoms. The molecule has 2 rings (SSSR count). The summed E-state index contributed by atoms with van der Waals surface area (Å²) in [5.41, 5.74) is 0.00669. The van der Waals surface area contributed by atoms with Gasteiger partial charge in [-0.1, -0.05) is 26.2 Å². The van der Waals surface area contributed by atoms with Crippen molar-refractivity contribution in [2.45, 2.75) is 50.5 Å². The summed E-state index contributed by atoms with van der Waals surface area (Å²) in [6, 6.07) is 9.09. The SMILES string of the molecule is CCCCCC(C)NC(=O)c1ccc(S(=O)(=O)Nc2cc([N+](=O)[O-])ccc2OC)cc1. The van der Waals surface area contributed by atoms with E-state index in [9.17, 15) is 23.3 Å². The van der Waals surface area contributed by atoms with E-state index >= 15 is 0 Å². The van der Waals surface area contributed by atoms with E-state index in [0.717, 1.165) is 31.7 Å². The van der Waals surface area contributed by atoms with Crippen LogP contribution in [0, 0.1) is 10.1 Å². The van der Waals surface area contributed by atoms with Crippen LogP contribution >= 0.6 is 0 Å². The van der Waals surface area contributed by atoms with Gasteiger partial charge in [0.15, 0.2) is 0 Å². The Labute approximate surface area is 182 Å². The molecule has 0 aliphatic heterocycles. The lowest BCUT2D eigenvalue weighted by Gasteiger charge is -2.14. The number of sulfonamides is 1. The minimum Gasteiger partial charge on any atom is -0.495 e. The third-order valence-corrected chi connectivity index (χ3v) is 6.06. The van der Waals surface area contributed by atoms with E-state index in [1.54, 1.807) is 0 Å². The van der Waals surface area contributed by atoms with Crippen LogP contribution in [0.15, 0.2) is 47.4 Å². The van der Waals surface area contributed by atoms with Crippen molar-refractivity contribution >= 4 is 27.3 Å². The van der Waals surface area contributed by atoms with Crippen LogP contribution in [0.5, 0.6) is 5.75 Å². The van der Waals surface area contributed by atoms with E-state index < -0.39 is 14.9 Å². The molecule has 2 aromatic carbocycles. The molecule has 0 fully saturated rings. The molecule has 168 valence electrons. The number of amides is 1. The zero-order valence-corrected chi connectivity index (χ0v) is 18.6. The predicted molar refractivity (Wildman–Crippen MR) is 118 cm³/mol. The van der Waals surface area contributed by atoms with Gasteiger partial charge in [-0.3, -0.25) is 19.6 Å². The molecular formula is C21H27N3O6S. The Morgan fingerprint density at radius 2 is 1.84 bits per heavy atom. The molecular weight excluding hydrogens is 422 g/mol. The first-order valence-electron chi connectivity index (χ1n) is 9.94. The maximum absolute atomic E-state index is 12.7. The monoisotopic (exact) mass is 449 g/mol. The topological polar surface area (TPSA) is 128 Å². The minimum atomic E-state index is -4.05. The minimum absolute atomic E-state index is 0.0189. The largest absolute Gasteiger partial charge is 0.495 e. The Kier molecular flexibility index (Phi) is 8.38. The Hall–Kier alpha value is -3.14. The van der Waals surface area contributed by atoms with Gasteiger partial charge in [-0.15, -0.1) is 0 Å². The van der Waals surface area contributed by atoms with Crippen LogP contribution in [0.3, 0.4) is 0 Å². The third-order valence-electron chi connectivity index (χ3n) is 4.68. The number of non-ortho nitro benzene ring substituents is 1. The van der Waals surface area contributed by atoms with Crippen LogP contribution in [0.4, 0.5) is 11.4 Å². The zero-order chi connectivity index (χ0) is 23.0. The molecule has 0 saturated carbocycles. The molecule has 0 bridgehead atoms. The molecule has 0 radical (unpaired) electrons. The molecule has 1 atom stereocenters. The van der Waals surface area contributed by atoms with Crippen LogP contribution in [-0.4, -0.2) is 32.4 Å². The van der Waals surface area contributed by atoms with Crippen LogP contribution in [0.1, 0.15) is 49.9 Å². The van der Waals surface area contributed by atoms with Gasteiger partial charge in [0, 0.05) is 23.7 Å². The van der Waals surface area contributed by atoms with Crippen molar-refractivity contribution in [3.8, 4) is 5.75 Å². The van der Waals surface area contributed by atoms with Gasteiger partial charge in [0.2, 0.25) is 0 Å². The van der Waals surface area contributed by atoms with Crippen molar-refractivity contribution in [1.29, 1.82) is 0 Å². The van der Waals surface area contributed by atoms with E-state index in [1.165, 1.54) is 43.5 Å². The molecule has 0 aliphatic carbocycles. The van der Waals surface area contributed by atoms with Crippen LogP contribution in [0.2, 0.25) is 0 Å². The highest BCUT2D eigenvalue weighted by Crippen LogP contribution is 2.30. The second-order valence-electron chi connectivity index (χ2n) is 7.14. The molecule has 0 heterocycles. The number of ether oxygens (including phenoxy) is 1. The smallest absolute Gasteiger partial charge is 0.271 e. The molecule has 31 heavy (non-hydrogen) atoms. The fourth-order valence-electron chi connectivity index (χ4n) is 2.96. The molecule has 1 amide bonds. The van der Waals surface area contributed by atoms with E-state index in [-0.39, 0.29) is 34.0 Å². The maximum Gasteiger partial charge on any atom is 0.271 e. The fraction of sp³-hybridized carbons (Fsp3) is 0.381. The number of carbonyl (C=O) groups excluding carboxylic acids is 1. The van der Waals surface area contributed by atoms with E-state index in [1.807, 2.05) is 6.92 Å². The lowest BCUT2D eigenvalue weighted by atomic mass is 10.1. The van der Waals surface area contributed by atoms with Crippen LogP contribution in [-0.2, 0) is 10.0 Å².